The zero-order chi connectivity index (χ0) is 45.7. The van der Waals surface area contributed by atoms with Crippen molar-refractivity contribution in [1.29, 1.82) is 0 Å². The Labute approximate surface area is 401 Å². The number of nitrogens with zero attached hydrogens (tertiary/aromatic N) is 1. The Hall–Kier alpha value is -7.36. The molecule has 3 heterocycles. The fraction of sp³-hybridized carbons (Fsp3) is 0.169. The number of rotatable bonds is 6. The van der Waals surface area contributed by atoms with Gasteiger partial charge >= 0.3 is 0 Å². The van der Waals surface area contributed by atoms with Crippen LogP contribution in [0.1, 0.15) is 97.5 Å². The van der Waals surface area contributed by atoms with Crippen LogP contribution in [0.25, 0.3) is 33.4 Å². The summed E-state index contributed by atoms with van der Waals surface area (Å²) in [4.78, 5) is 2.73. The Balaban J connectivity index is 1.08. The van der Waals surface area contributed by atoms with Crippen LogP contribution in [0.2, 0.25) is 0 Å². The summed E-state index contributed by atoms with van der Waals surface area (Å²) in [6.45, 7) is 12.3. The maximum atomic E-state index is 4.07. The summed E-state index contributed by atoms with van der Waals surface area (Å²) in [6, 6.07) is 73.5. The SMILES string of the molecule is CC1(C)CCC(C)(C)c2cc(-c3cc4c5c6c3[B]c3cccc7c3N6c3c(cccc3C7(c3ccccc3)c3ccccc3)C5(C)c3ccccc3-4)c(Nc3ccc(-c4ccccc4)cc3)cc21. The first-order valence-electron chi connectivity index (χ1n) is 24.6. The molecule has 1 atom stereocenters. The maximum Gasteiger partial charge on any atom is 0.197 e. The van der Waals surface area contributed by atoms with Crippen LogP contribution in [0.5, 0.6) is 0 Å². The lowest BCUT2D eigenvalue weighted by atomic mass is 9.51. The predicted octanol–water partition coefficient (Wildman–Crippen LogP) is 14.9. The number of hydrogen-bond donors (Lipinski definition) is 1. The van der Waals surface area contributed by atoms with Gasteiger partial charge in [-0.1, -0.05) is 197 Å². The molecule has 68 heavy (non-hydrogen) atoms. The van der Waals surface area contributed by atoms with Crippen LogP contribution in [-0.2, 0) is 21.7 Å². The molecule has 14 rings (SSSR count). The Bertz CT molecular complexity index is 3530. The van der Waals surface area contributed by atoms with Gasteiger partial charge in [0.1, 0.15) is 0 Å². The average molecular weight is 872 g/mol. The molecule has 9 aromatic rings. The molecular weight excluding hydrogens is 820 g/mol. The molecule has 2 nitrogen and oxygen atoms in total. The standard InChI is InChI=1S/C65H52BN2/c1-62(2)35-36-63(3,4)54-39-56(67-44-33-31-41(32-34-44)40-19-9-6-10-20-40)46(38-53(54)62)48-37-47-45-25-15-16-26-49(45)64(5)50-27-17-28-51-59(50)68-60-52(29-18-30-55(60)66-58(48)61(68)57(47)64)65(51,42-21-11-7-12-22-42)43-23-13-8-14-24-43/h6-34,37-39,67H,35-36H2,1-5H3. The minimum atomic E-state index is -0.558. The molecular formula is C65H52BN2. The third kappa shape index (κ3) is 5.14. The second-order valence-electron chi connectivity index (χ2n) is 21.5. The van der Waals surface area contributed by atoms with Crippen LogP contribution in [0.4, 0.5) is 28.4 Å². The zero-order valence-electron chi connectivity index (χ0n) is 39.4. The first-order valence-corrected chi connectivity index (χ1v) is 24.6. The number of benzene rings is 9. The van der Waals surface area contributed by atoms with Crippen molar-refractivity contribution < 1.29 is 0 Å². The van der Waals surface area contributed by atoms with Crippen LogP contribution in [0.3, 0.4) is 0 Å². The highest BCUT2D eigenvalue weighted by atomic mass is 15.2. The predicted molar refractivity (Wildman–Crippen MR) is 285 cm³/mol. The smallest absolute Gasteiger partial charge is 0.197 e. The lowest BCUT2D eigenvalue weighted by molar-refractivity contribution is 0.332. The summed E-state index contributed by atoms with van der Waals surface area (Å²) < 4.78 is 0. The van der Waals surface area contributed by atoms with E-state index in [4.69, 9.17) is 0 Å². The topological polar surface area (TPSA) is 15.3 Å². The maximum absolute atomic E-state index is 4.07. The lowest BCUT2D eigenvalue weighted by Gasteiger charge is -2.54. The molecule has 0 fully saturated rings. The van der Waals surface area contributed by atoms with Gasteiger partial charge in [0.25, 0.3) is 0 Å². The molecule has 0 saturated heterocycles. The third-order valence-corrected chi connectivity index (χ3v) is 17.0. The summed E-state index contributed by atoms with van der Waals surface area (Å²) in [6.07, 6.45) is 2.30. The van der Waals surface area contributed by atoms with Crippen molar-refractivity contribution in [2.75, 3.05) is 10.2 Å². The largest absolute Gasteiger partial charge is 0.355 e. The molecule has 0 aromatic heterocycles. The van der Waals surface area contributed by atoms with Gasteiger partial charge in [0.05, 0.1) is 11.1 Å². The van der Waals surface area contributed by atoms with Crippen molar-refractivity contribution in [1.82, 2.24) is 0 Å². The van der Waals surface area contributed by atoms with E-state index in [1.165, 1.54) is 111 Å². The quantitative estimate of drug-likeness (QED) is 0.168. The molecule has 0 bridgehead atoms. The Morgan fingerprint density at radius 2 is 0.985 bits per heavy atom. The van der Waals surface area contributed by atoms with E-state index in [0.29, 0.717) is 0 Å². The van der Waals surface area contributed by atoms with E-state index in [9.17, 15) is 0 Å². The molecule has 9 aromatic carbocycles. The molecule has 1 unspecified atom stereocenters. The zero-order valence-corrected chi connectivity index (χ0v) is 39.4. The van der Waals surface area contributed by atoms with Crippen LogP contribution in [0.15, 0.2) is 194 Å². The van der Waals surface area contributed by atoms with Crippen LogP contribution < -0.4 is 21.1 Å². The normalized spacial score (nSPS) is 18.5. The number of para-hydroxylation sites is 2. The van der Waals surface area contributed by atoms with E-state index >= 15 is 0 Å². The molecule has 0 saturated carbocycles. The highest BCUT2D eigenvalue weighted by Crippen LogP contribution is 2.68. The summed E-state index contributed by atoms with van der Waals surface area (Å²) in [5, 5.41) is 4.07. The minimum absolute atomic E-state index is 0.0208. The van der Waals surface area contributed by atoms with Crippen molar-refractivity contribution in [3.8, 4) is 33.4 Å². The second kappa shape index (κ2) is 13.9. The van der Waals surface area contributed by atoms with Crippen molar-refractivity contribution in [3.63, 3.8) is 0 Å². The molecule has 3 aliphatic heterocycles. The van der Waals surface area contributed by atoms with E-state index in [1.807, 2.05) is 0 Å². The minimum Gasteiger partial charge on any atom is -0.355 e. The van der Waals surface area contributed by atoms with Crippen LogP contribution in [-0.4, -0.2) is 7.28 Å². The second-order valence-corrected chi connectivity index (χ2v) is 21.5. The van der Waals surface area contributed by atoms with Crippen molar-refractivity contribution in [2.24, 2.45) is 0 Å². The van der Waals surface area contributed by atoms with Gasteiger partial charge in [-0.3, -0.25) is 0 Å². The van der Waals surface area contributed by atoms with E-state index in [2.05, 4.69) is 246 Å². The van der Waals surface area contributed by atoms with Crippen LogP contribution >= 0.6 is 0 Å². The van der Waals surface area contributed by atoms with Crippen molar-refractivity contribution >= 4 is 46.6 Å². The molecule has 5 aliphatic rings. The van der Waals surface area contributed by atoms with E-state index in [0.717, 1.165) is 24.2 Å². The third-order valence-electron chi connectivity index (χ3n) is 17.0. The van der Waals surface area contributed by atoms with Crippen LogP contribution in [0, 0.1) is 0 Å². The number of anilines is 5. The van der Waals surface area contributed by atoms with Gasteiger partial charge in [-0.05, 0) is 144 Å². The van der Waals surface area contributed by atoms with E-state index < -0.39 is 10.8 Å². The molecule has 0 spiro atoms. The van der Waals surface area contributed by atoms with Crippen molar-refractivity contribution in [3.05, 3.63) is 244 Å². The Morgan fingerprint density at radius 3 is 1.68 bits per heavy atom. The number of hydrogen-bond acceptors (Lipinski definition) is 2. The van der Waals surface area contributed by atoms with Gasteiger partial charge in [-0.2, -0.15) is 0 Å². The van der Waals surface area contributed by atoms with Gasteiger partial charge < -0.3 is 10.2 Å². The first-order chi connectivity index (χ1) is 33.1. The van der Waals surface area contributed by atoms with Gasteiger partial charge in [0, 0.05) is 33.7 Å². The van der Waals surface area contributed by atoms with Gasteiger partial charge in [0.2, 0.25) is 0 Å². The van der Waals surface area contributed by atoms with E-state index in [-0.39, 0.29) is 10.8 Å². The average Bonchev–Trinajstić information content (AvgIpc) is 3.64. The number of fused-ring (bicyclic) bond motifs is 5. The Kier molecular flexibility index (Phi) is 8.11. The van der Waals surface area contributed by atoms with Gasteiger partial charge in [-0.15, -0.1) is 0 Å². The monoisotopic (exact) mass is 871 g/mol. The number of nitrogens with one attached hydrogen (secondary N) is 1. The summed E-state index contributed by atoms with van der Waals surface area (Å²) in [5.74, 6) is 0. The summed E-state index contributed by atoms with van der Waals surface area (Å²) >= 11 is 0. The highest BCUT2D eigenvalue weighted by Gasteiger charge is 2.57. The molecule has 1 radical (unpaired) electrons. The molecule has 3 heteroatoms. The van der Waals surface area contributed by atoms with Crippen molar-refractivity contribution in [2.45, 2.75) is 69.1 Å². The fourth-order valence-electron chi connectivity index (χ4n) is 13.6. The fourth-order valence-corrected chi connectivity index (χ4v) is 13.6. The molecule has 325 valence electrons. The highest BCUT2D eigenvalue weighted by molar-refractivity contribution is 6.73. The molecule has 2 aliphatic carbocycles. The van der Waals surface area contributed by atoms with Gasteiger partial charge in [0.15, 0.2) is 7.28 Å². The molecule has 1 N–H and O–H groups in total. The lowest BCUT2D eigenvalue weighted by Crippen LogP contribution is -2.51. The summed E-state index contributed by atoms with van der Waals surface area (Å²) in [7, 11) is 2.55. The Morgan fingerprint density at radius 1 is 0.426 bits per heavy atom. The van der Waals surface area contributed by atoms with Gasteiger partial charge in [-0.25, -0.2) is 0 Å². The molecule has 0 amide bonds. The first kappa shape index (κ1) is 39.8. The van der Waals surface area contributed by atoms with E-state index in [1.54, 1.807) is 0 Å². The summed E-state index contributed by atoms with van der Waals surface area (Å²) in [5.41, 5.74) is 27.7.